The van der Waals surface area contributed by atoms with Crippen molar-refractivity contribution >= 4 is 17.6 Å². The second-order valence-corrected chi connectivity index (χ2v) is 9.71. The second kappa shape index (κ2) is 11.9. The van der Waals surface area contributed by atoms with Crippen LogP contribution in [0.25, 0.3) is 11.1 Å². The second-order valence-electron chi connectivity index (χ2n) is 9.71. The van der Waals surface area contributed by atoms with Crippen LogP contribution in [0.3, 0.4) is 0 Å². The van der Waals surface area contributed by atoms with Gasteiger partial charge >= 0.3 is 6.03 Å². The molecule has 2 aromatic carbocycles. The molecule has 1 aliphatic heterocycles. The zero-order chi connectivity index (χ0) is 28.1. The maximum Gasteiger partial charge on any atom is 0.321 e. The van der Waals surface area contributed by atoms with Gasteiger partial charge in [-0.1, -0.05) is 19.1 Å². The summed E-state index contributed by atoms with van der Waals surface area (Å²) >= 11 is 0. The number of urea groups is 1. The average Bonchev–Trinajstić information content (AvgIpc) is 2.95. The lowest BCUT2D eigenvalue weighted by Gasteiger charge is -2.37. The molecule has 0 spiro atoms. The molecule has 2 heterocycles. The number of carbonyl (C=O) groups is 2. The molecular formula is C29H30FN5O4. The minimum absolute atomic E-state index is 0.136. The van der Waals surface area contributed by atoms with E-state index in [2.05, 4.69) is 16.4 Å². The Morgan fingerprint density at radius 2 is 1.95 bits per heavy atom. The molecule has 9 nitrogen and oxygen atoms in total. The van der Waals surface area contributed by atoms with Gasteiger partial charge in [-0.05, 0) is 55.0 Å². The van der Waals surface area contributed by atoms with Crippen molar-refractivity contribution < 1.29 is 23.8 Å². The lowest BCUT2D eigenvalue weighted by Crippen LogP contribution is -2.50. The fourth-order valence-electron chi connectivity index (χ4n) is 4.32. The van der Waals surface area contributed by atoms with Crippen molar-refractivity contribution in [2.45, 2.75) is 26.0 Å². The predicted octanol–water partition coefficient (Wildman–Crippen LogP) is 4.14. The Labute approximate surface area is 226 Å². The molecule has 1 aromatic heterocycles. The molecule has 0 bridgehead atoms. The highest BCUT2D eigenvalue weighted by Crippen LogP contribution is 2.30. The summed E-state index contributed by atoms with van der Waals surface area (Å²) in [6.45, 7) is 3.93. The molecule has 3 aromatic rings. The highest BCUT2D eigenvalue weighted by Gasteiger charge is 2.34. The molecule has 3 atom stereocenters. The molecule has 0 radical (unpaired) electrons. The largest absolute Gasteiger partial charge is 0.472 e. The van der Waals surface area contributed by atoms with E-state index in [1.807, 2.05) is 6.92 Å². The molecule has 0 saturated carbocycles. The number of nitrogens with one attached hydrogen (secondary N) is 1. The lowest BCUT2D eigenvalue weighted by molar-refractivity contribution is 0.0356. The van der Waals surface area contributed by atoms with Gasteiger partial charge in [0.2, 0.25) is 5.88 Å². The standard InChI is InChI=1S/C29H30FN5O4/c1-18-15-35(19(2)17-36)28(37)25-12-22(21-6-4-20(13-31)5-7-21)14-32-27(25)39-26(18)16-34(3)29(38)33-24-10-8-23(30)9-11-24/h4-12,14,18-19,26,36H,15-17H2,1-3H3,(H,33,38)/t18-,19-,26-/m1/s1. The van der Waals surface area contributed by atoms with E-state index in [0.717, 1.165) is 5.56 Å². The molecule has 4 rings (SSSR count). The molecule has 0 unspecified atom stereocenters. The highest BCUT2D eigenvalue weighted by atomic mass is 19.1. The summed E-state index contributed by atoms with van der Waals surface area (Å²) in [6.07, 6.45) is 1.07. The number of nitrogens with zero attached hydrogens (tertiary/aromatic N) is 4. The topological polar surface area (TPSA) is 119 Å². The molecule has 3 amide bonds. The number of amides is 3. The van der Waals surface area contributed by atoms with Gasteiger partial charge in [0.15, 0.2) is 0 Å². The number of rotatable bonds is 6. The van der Waals surface area contributed by atoms with Crippen LogP contribution in [0.1, 0.15) is 29.8 Å². The van der Waals surface area contributed by atoms with E-state index in [9.17, 15) is 19.1 Å². The van der Waals surface area contributed by atoms with E-state index in [4.69, 9.17) is 10.00 Å². The van der Waals surface area contributed by atoms with E-state index in [-0.39, 0.29) is 36.4 Å². The maximum atomic E-state index is 13.6. The van der Waals surface area contributed by atoms with Crippen molar-refractivity contribution in [3.8, 4) is 23.1 Å². The summed E-state index contributed by atoms with van der Waals surface area (Å²) in [6, 6.07) is 15.3. The third-order valence-corrected chi connectivity index (χ3v) is 6.76. The van der Waals surface area contributed by atoms with Crippen LogP contribution in [0.2, 0.25) is 0 Å². The molecule has 10 heteroatoms. The number of ether oxygens (including phenoxy) is 1. The predicted molar refractivity (Wildman–Crippen MR) is 144 cm³/mol. The number of halogens is 1. The number of nitriles is 1. The number of likely N-dealkylation sites (N-methyl/N-ethyl adjacent to an activating group) is 1. The van der Waals surface area contributed by atoms with Gasteiger partial charge in [-0.3, -0.25) is 4.79 Å². The molecule has 0 fully saturated rings. The maximum absolute atomic E-state index is 13.6. The van der Waals surface area contributed by atoms with Gasteiger partial charge in [-0.2, -0.15) is 5.26 Å². The number of aromatic nitrogens is 1. The average molecular weight is 532 g/mol. The number of aliphatic hydroxyl groups excluding tert-OH is 1. The van der Waals surface area contributed by atoms with Crippen LogP contribution in [0.5, 0.6) is 5.88 Å². The molecule has 2 N–H and O–H groups in total. The Balaban J connectivity index is 1.62. The first kappa shape index (κ1) is 27.5. The van der Waals surface area contributed by atoms with Gasteiger partial charge in [-0.15, -0.1) is 0 Å². The summed E-state index contributed by atoms with van der Waals surface area (Å²) < 4.78 is 19.5. The molecule has 0 aliphatic carbocycles. The Bertz CT molecular complexity index is 1370. The van der Waals surface area contributed by atoms with E-state index < -0.39 is 24.0 Å². The highest BCUT2D eigenvalue weighted by molar-refractivity contribution is 5.98. The van der Waals surface area contributed by atoms with Crippen molar-refractivity contribution in [1.29, 1.82) is 5.26 Å². The minimum Gasteiger partial charge on any atom is -0.472 e. The van der Waals surface area contributed by atoms with Crippen LogP contribution in [-0.4, -0.2) is 70.7 Å². The smallest absolute Gasteiger partial charge is 0.321 e. The van der Waals surface area contributed by atoms with Crippen LogP contribution in [-0.2, 0) is 0 Å². The number of aliphatic hydroxyl groups is 1. The number of pyridine rings is 1. The minimum atomic E-state index is -0.525. The Kier molecular flexibility index (Phi) is 8.42. The Morgan fingerprint density at radius 1 is 1.26 bits per heavy atom. The summed E-state index contributed by atoms with van der Waals surface area (Å²) in [4.78, 5) is 34.0. The number of carbonyl (C=O) groups excluding carboxylic acids is 2. The van der Waals surface area contributed by atoms with E-state index in [0.29, 0.717) is 23.4 Å². The van der Waals surface area contributed by atoms with Crippen LogP contribution in [0, 0.1) is 23.1 Å². The van der Waals surface area contributed by atoms with Crippen LogP contribution in [0.15, 0.2) is 60.8 Å². The van der Waals surface area contributed by atoms with Crippen molar-refractivity contribution in [3.05, 3.63) is 77.7 Å². The van der Waals surface area contributed by atoms with Crippen LogP contribution in [0.4, 0.5) is 14.9 Å². The normalized spacial score (nSPS) is 17.6. The zero-order valence-corrected chi connectivity index (χ0v) is 22.0. The Morgan fingerprint density at radius 3 is 2.59 bits per heavy atom. The number of anilines is 1. The van der Waals surface area contributed by atoms with Crippen LogP contribution >= 0.6 is 0 Å². The number of benzene rings is 2. The first-order chi connectivity index (χ1) is 18.7. The summed E-state index contributed by atoms with van der Waals surface area (Å²) in [5.41, 5.74) is 2.67. The van der Waals surface area contributed by atoms with Gasteiger partial charge in [0.05, 0.1) is 30.8 Å². The Hall–Kier alpha value is -4.49. The molecular weight excluding hydrogens is 501 g/mol. The molecule has 202 valence electrons. The number of hydrogen-bond acceptors (Lipinski definition) is 6. The van der Waals surface area contributed by atoms with Gasteiger partial charge in [0.1, 0.15) is 17.5 Å². The molecule has 0 saturated heterocycles. The van der Waals surface area contributed by atoms with Crippen molar-refractivity contribution in [2.75, 3.05) is 32.1 Å². The van der Waals surface area contributed by atoms with Gasteiger partial charge in [0, 0.05) is 37.0 Å². The fraction of sp³-hybridized carbons (Fsp3) is 0.310. The first-order valence-electron chi connectivity index (χ1n) is 12.6. The zero-order valence-electron chi connectivity index (χ0n) is 22.0. The van der Waals surface area contributed by atoms with E-state index in [1.165, 1.54) is 29.2 Å². The SMILES string of the molecule is C[C@@H]1CN([C@H](C)CO)C(=O)c2cc(-c3ccc(C#N)cc3)cnc2O[C@@H]1CN(C)C(=O)Nc1ccc(F)cc1. The fourth-order valence-corrected chi connectivity index (χ4v) is 4.32. The van der Waals surface area contributed by atoms with E-state index >= 15 is 0 Å². The summed E-state index contributed by atoms with van der Waals surface area (Å²) in [5, 5.41) is 21.7. The monoisotopic (exact) mass is 531 g/mol. The first-order valence-corrected chi connectivity index (χ1v) is 12.6. The van der Waals surface area contributed by atoms with Crippen molar-refractivity contribution in [1.82, 2.24) is 14.8 Å². The third kappa shape index (κ3) is 6.33. The summed E-state index contributed by atoms with van der Waals surface area (Å²) in [7, 11) is 1.62. The quantitative estimate of drug-likeness (QED) is 0.494. The van der Waals surface area contributed by atoms with Gasteiger partial charge in [-0.25, -0.2) is 14.2 Å². The summed E-state index contributed by atoms with van der Waals surface area (Å²) in [5.74, 6) is -0.793. The van der Waals surface area contributed by atoms with Gasteiger partial charge in [0.25, 0.3) is 5.91 Å². The molecule has 39 heavy (non-hydrogen) atoms. The number of fused-ring (bicyclic) bond motifs is 1. The van der Waals surface area contributed by atoms with Gasteiger partial charge < -0.3 is 25.0 Å². The lowest BCUT2D eigenvalue weighted by atomic mass is 9.99. The molecule has 1 aliphatic rings. The third-order valence-electron chi connectivity index (χ3n) is 6.76. The number of hydrogen-bond donors (Lipinski definition) is 2. The van der Waals surface area contributed by atoms with Crippen molar-refractivity contribution in [3.63, 3.8) is 0 Å². The van der Waals surface area contributed by atoms with Crippen LogP contribution < -0.4 is 10.1 Å². The van der Waals surface area contributed by atoms with E-state index in [1.54, 1.807) is 55.4 Å². The van der Waals surface area contributed by atoms with Crippen molar-refractivity contribution in [2.24, 2.45) is 5.92 Å².